The summed E-state index contributed by atoms with van der Waals surface area (Å²) in [6, 6.07) is 15.1. The number of halogens is 1. The highest BCUT2D eigenvalue weighted by Crippen LogP contribution is 2.38. The monoisotopic (exact) mass is 603 g/mol. The SMILES string of the molecule is COc1cc2c(Oc3ccc4cc(NC(=O)c5ccsc5)ccc4c3F)ccnc2cc1OCC(O)CN1CCOCC1. The van der Waals surface area contributed by atoms with E-state index in [0.29, 0.717) is 69.9 Å². The van der Waals surface area contributed by atoms with Crippen LogP contribution in [0.1, 0.15) is 10.4 Å². The number of nitrogens with zero attached hydrogens (tertiary/aromatic N) is 2. The summed E-state index contributed by atoms with van der Waals surface area (Å²) >= 11 is 1.44. The molecule has 1 amide bonds. The molecule has 1 saturated heterocycles. The van der Waals surface area contributed by atoms with Gasteiger partial charge in [-0.1, -0.05) is 6.07 Å². The van der Waals surface area contributed by atoms with E-state index < -0.39 is 11.9 Å². The number of ether oxygens (including phenoxy) is 4. The number of aliphatic hydroxyl groups is 1. The molecule has 0 bridgehead atoms. The minimum Gasteiger partial charge on any atom is -0.493 e. The molecule has 1 fully saturated rings. The normalized spacial score (nSPS) is 14.5. The molecule has 0 aliphatic carbocycles. The number of benzene rings is 3. The van der Waals surface area contributed by atoms with Gasteiger partial charge in [0.1, 0.15) is 18.5 Å². The molecule has 6 rings (SSSR count). The number of methoxy groups -OCH3 is 1. The average molecular weight is 604 g/mol. The molecule has 3 aromatic carbocycles. The minimum absolute atomic E-state index is 0.0422. The van der Waals surface area contributed by atoms with Crippen LogP contribution in [0, 0.1) is 5.82 Å². The molecule has 5 aromatic rings. The molecular weight excluding hydrogens is 573 g/mol. The molecule has 1 aliphatic heterocycles. The van der Waals surface area contributed by atoms with Gasteiger partial charge in [-0.2, -0.15) is 11.3 Å². The molecule has 1 aliphatic rings. The van der Waals surface area contributed by atoms with Gasteiger partial charge in [0, 0.05) is 53.7 Å². The van der Waals surface area contributed by atoms with Gasteiger partial charge in [-0.05, 0) is 53.2 Å². The minimum atomic E-state index is -0.690. The van der Waals surface area contributed by atoms with Crippen LogP contribution in [0.3, 0.4) is 0 Å². The van der Waals surface area contributed by atoms with Crippen molar-refractivity contribution in [1.82, 2.24) is 9.88 Å². The number of thiophene rings is 1. The third kappa shape index (κ3) is 6.55. The third-order valence-electron chi connectivity index (χ3n) is 7.17. The second kappa shape index (κ2) is 12.9. The van der Waals surface area contributed by atoms with Crippen LogP contribution in [0.5, 0.6) is 23.0 Å². The average Bonchev–Trinajstić information content (AvgIpc) is 3.57. The predicted molar refractivity (Wildman–Crippen MR) is 163 cm³/mol. The predicted octanol–water partition coefficient (Wildman–Crippen LogP) is 5.71. The van der Waals surface area contributed by atoms with E-state index in [-0.39, 0.29) is 18.3 Å². The smallest absolute Gasteiger partial charge is 0.256 e. The van der Waals surface area contributed by atoms with Crippen molar-refractivity contribution in [2.45, 2.75) is 6.10 Å². The van der Waals surface area contributed by atoms with E-state index in [2.05, 4.69) is 15.2 Å². The zero-order valence-corrected chi connectivity index (χ0v) is 24.2. The molecule has 222 valence electrons. The quantitative estimate of drug-likeness (QED) is 0.209. The number of morpholine rings is 1. The Bertz CT molecular complexity index is 1740. The van der Waals surface area contributed by atoms with Gasteiger partial charge in [0.2, 0.25) is 0 Å². The Labute approximate surface area is 251 Å². The number of aromatic nitrogens is 1. The number of pyridine rings is 1. The van der Waals surface area contributed by atoms with Gasteiger partial charge in [-0.15, -0.1) is 0 Å². The summed E-state index contributed by atoms with van der Waals surface area (Å²) in [7, 11) is 1.52. The first-order valence-corrected chi connectivity index (χ1v) is 14.7. The van der Waals surface area contributed by atoms with Crippen molar-refractivity contribution >= 4 is 44.6 Å². The molecule has 9 nitrogen and oxygen atoms in total. The van der Waals surface area contributed by atoms with Crippen LogP contribution in [0.25, 0.3) is 21.7 Å². The number of nitrogens with one attached hydrogen (secondary N) is 1. The first-order valence-electron chi connectivity index (χ1n) is 13.8. The van der Waals surface area contributed by atoms with Crippen molar-refractivity contribution in [3.63, 3.8) is 0 Å². The van der Waals surface area contributed by atoms with Gasteiger partial charge < -0.3 is 29.4 Å². The van der Waals surface area contributed by atoms with Crippen LogP contribution in [0.4, 0.5) is 10.1 Å². The van der Waals surface area contributed by atoms with Crippen molar-refractivity contribution in [2.75, 3.05) is 51.9 Å². The number of aliphatic hydroxyl groups excluding tert-OH is 1. The van der Waals surface area contributed by atoms with E-state index in [4.69, 9.17) is 18.9 Å². The molecular formula is C32H30FN3O6S. The molecule has 0 radical (unpaired) electrons. The summed E-state index contributed by atoms with van der Waals surface area (Å²) in [4.78, 5) is 19.0. The van der Waals surface area contributed by atoms with Gasteiger partial charge in [0.15, 0.2) is 23.1 Å². The van der Waals surface area contributed by atoms with E-state index in [1.165, 1.54) is 18.4 Å². The number of rotatable bonds is 10. The number of β-amino-alcohol motifs (C(OH)–C–C–N with tert-alkyl or cyclic N) is 1. The number of amides is 1. The van der Waals surface area contributed by atoms with E-state index >= 15 is 4.39 Å². The zero-order chi connectivity index (χ0) is 29.8. The lowest BCUT2D eigenvalue weighted by Crippen LogP contribution is -2.42. The topological polar surface area (TPSA) is 102 Å². The van der Waals surface area contributed by atoms with Crippen LogP contribution in [0.15, 0.2) is 71.6 Å². The van der Waals surface area contributed by atoms with Gasteiger partial charge in [-0.25, -0.2) is 4.39 Å². The summed E-state index contributed by atoms with van der Waals surface area (Å²) in [5, 5.41) is 18.5. The number of carbonyl (C=O) groups is 1. The maximum atomic E-state index is 15.6. The molecule has 2 N–H and O–H groups in total. The number of anilines is 1. The lowest BCUT2D eigenvalue weighted by molar-refractivity contribution is 0.00446. The molecule has 11 heteroatoms. The highest BCUT2D eigenvalue weighted by atomic mass is 32.1. The Kier molecular flexibility index (Phi) is 8.66. The van der Waals surface area contributed by atoms with Crippen molar-refractivity contribution in [3.05, 3.63) is 82.9 Å². The molecule has 3 heterocycles. The maximum absolute atomic E-state index is 15.6. The Hall–Kier alpha value is -4.29. The number of hydrogen-bond donors (Lipinski definition) is 2. The summed E-state index contributed by atoms with van der Waals surface area (Å²) in [5.74, 6) is 0.540. The van der Waals surface area contributed by atoms with E-state index in [1.807, 2.05) is 5.38 Å². The molecule has 0 spiro atoms. The second-order valence-corrected chi connectivity index (χ2v) is 10.9. The number of fused-ring (bicyclic) bond motifs is 2. The Balaban J connectivity index is 1.19. The highest BCUT2D eigenvalue weighted by Gasteiger charge is 2.18. The van der Waals surface area contributed by atoms with Crippen LogP contribution in [-0.2, 0) is 4.74 Å². The maximum Gasteiger partial charge on any atom is 0.256 e. The van der Waals surface area contributed by atoms with Crippen molar-refractivity contribution in [2.24, 2.45) is 0 Å². The van der Waals surface area contributed by atoms with Gasteiger partial charge in [-0.3, -0.25) is 14.7 Å². The molecule has 1 atom stereocenters. The van der Waals surface area contributed by atoms with Crippen molar-refractivity contribution in [1.29, 1.82) is 0 Å². The molecule has 2 aromatic heterocycles. The van der Waals surface area contributed by atoms with Crippen molar-refractivity contribution < 1.29 is 33.2 Å². The van der Waals surface area contributed by atoms with E-state index in [9.17, 15) is 9.90 Å². The molecule has 0 saturated carbocycles. The standard InChI is InChI=1S/C32H30FN3O6S/c1-39-29-15-25-26(16-30(29)41-18-23(37)17-36-9-11-40-12-10-36)34-8-6-27(25)42-28-5-2-20-14-22(3-4-24(20)31(28)33)35-32(38)21-7-13-43-19-21/h2-8,13-16,19,23,37H,9-12,17-18H2,1H3,(H,35,38). The second-order valence-electron chi connectivity index (χ2n) is 10.1. The summed E-state index contributed by atoms with van der Waals surface area (Å²) < 4.78 is 38.5. The lowest BCUT2D eigenvalue weighted by Gasteiger charge is -2.28. The van der Waals surface area contributed by atoms with Gasteiger partial charge in [0.25, 0.3) is 5.91 Å². The van der Waals surface area contributed by atoms with Crippen molar-refractivity contribution in [3.8, 4) is 23.0 Å². The first kappa shape index (κ1) is 28.8. The van der Waals surface area contributed by atoms with Crippen LogP contribution < -0.4 is 19.5 Å². The Morgan fingerprint density at radius 3 is 2.72 bits per heavy atom. The Morgan fingerprint density at radius 2 is 1.93 bits per heavy atom. The lowest BCUT2D eigenvalue weighted by atomic mass is 10.1. The number of hydrogen-bond acceptors (Lipinski definition) is 9. The van der Waals surface area contributed by atoms with Gasteiger partial charge in [0.05, 0.1) is 31.4 Å². The first-order chi connectivity index (χ1) is 21.0. The largest absolute Gasteiger partial charge is 0.493 e. The number of carbonyl (C=O) groups excluding carboxylic acids is 1. The van der Waals surface area contributed by atoms with Crippen LogP contribution in [0.2, 0.25) is 0 Å². The zero-order valence-electron chi connectivity index (χ0n) is 23.4. The summed E-state index contributed by atoms with van der Waals surface area (Å²) in [5.41, 5.74) is 1.69. The molecule has 43 heavy (non-hydrogen) atoms. The van der Waals surface area contributed by atoms with E-state index in [1.54, 1.807) is 66.2 Å². The molecule has 1 unspecified atom stereocenters. The highest BCUT2D eigenvalue weighted by molar-refractivity contribution is 7.08. The summed E-state index contributed by atoms with van der Waals surface area (Å²) in [6.07, 6.45) is 0.882. The van der Waals surface area contributed by atoms with E-state index in [0.717, 1.165) is 13.1 Å². The fraction of sp³-hybridized carbons (Fsp3) is 0.250. The fourth-order valence-electron chi connectivity index (χ4n) is 4.95. The fourth-order valence-corrected chi connectivity index (χ4v) is 5.59. The Morgan fingerprint density at radius 1 is 1.07 bits per heavy atom. The summed E-state index contributed by atoms with van der Waals surface area (Å²) in [6.45, 7) is 3.42. The van der Waals surface area contributed by atoms with Gasteiger partial charge >= 0.3 is 0 Å². The van der Waals surface area contributed by atoms with Crippen LogP contribution >= 0.6 is 11.3 Å². The third-order valence-corrected chi connectivity index (χ3v) is 7.85. The van der Waals surface area contributed by atoms with Crippen LogP contribution in [-0.4, -0.2) is 73.6 Å².